The molecule has 0 aliphatic heterocycles. The lowest BCUT2D eigenvalue weighted by molar-refractivity contribution is 0.102. The van der Waals surface area contributed by atoms with Crippen molar-refractivity contribution in [1.29, 1.82) is 0 Å². The summed E-state index contributed by atoms with van der Waals surface area (Å²) in [6.45, 7) is 0. The molecule has 21 heavy (non-hydrogen) atoms. The Bertz CT molecular complexity index is 798. The predicted molar refractivity (Wildman–Crippen MR) is 79.3 cm³/mol. The van der Waals surface area contributed by atoms with Gasteiger partial charge in [0.2, 0.25) is 9.47 Å². The molecule has 0 radical (unpaired) electrons. The van der Waals surface area contributed by atoms with Crippen molar-refractivity contribution in [2.75, 3.05) is 5.32 Å². The number of amides is 1. The third-order valence-electron chi connectivity index (χ3n) is 2.68. The summed E-state index contributed by atoms with van der Waals surface area (Å²) in [6.07, 6.45) is 1.61. The Balaban J connectivity index is 1.84. The second-order valence-corrected chi connectivity index (χ2v) is 5.72. The summed E-state index contributed by atoms with van der Waals surface area (Å²) in [5.41, 5.74) is 1.48. The van der Waals surface area contributed by atoms with Gasteiger partial charge in [-0.2, -0.15) is 0 Å². The number of nitrogens with one attached hydrogen (secondary N) is 1. The summed E-state index contributed by atoms with van der Waals surface area (Å²) in [5.74, 6) is 0.361. The molecule has 3 rings (SSSR count). The van der Waals surface area contributed by atoms with Crippen molar-refractivity contribution in [2.24, 2.45) is 7.05 Å². The Morgan fingerprint density at radius 2 is 2.19 bits per heavy atom. The van der Waals surface area contributed by atoms with Crippen LogP contribution in [-0.4, -0.2) is 30.9 Å². The Morgan fingerprint density at radius 3 is 2.86 bits per heavy atom. The van der Waals surface area contributed by atoms with Crippen LogP contribution in [0.4, 0.5) is 5.69 Å². The second kappa shape index (κ2) is 5.58. The maximum Gasteiger partial charge on any atom is 0.286 e. The van der Waals surface area contributed by atoms with Crippen LogP contribution in [0.5, 0.6) is 0 Å². The number of carbonyl (C=O) groups excluding carboxylic acids is 1. The summed E-state index contributed by atoms with van der Waals surface area (Å²) in [5, 5.41) is 18.1. The zero-order chi connectivity index (χ0) is 14.8. The van der Waals surface area contributed by atoms with Gasteiger partial charge in [-0.25, -0.2) is 0 Å². The molecule has 0 unspecified atom stereocenters. The number of nitrogens with zero attached hydrogens (tertiary/aromatic N) is 5. The highest BCUT2D eigenvalue weighted by Crippen LogP contribution is 2.21. The van der Waals surface area contributed by atoms with Crippen molar-refractivity contribution in [3.63, 3.8) is 0 Å². The lowest BCUT2D eigenvalue weighted by Crippen LogP contribution is -2.11. The summed E-state index contributed by atoms with van der Waals surface area (Å²) in [4.78, 5) is 12.0. The molecule has 0 saturated carbocycles. The van der Waals surface area contributed by atoms with E-state index in [1.54, 1.807) is 17.0 Å². The zero-order valence-electron chi connectivity index (χ0n) is 10.8. The van der Waals surface area contributed by atoms with Gasteiger partial charge in [0.25, 0.3) is 5.91 Å². The molecule has 1 N–H and O–H groups in total. The number of aromatic nitrogens is 5. The van der Waals surface area contributed by atoms with Crippen LogP contribution in [0.2, 0.25) is 4.47 Å². The monoisotopic (exact) mass is 320 g/mol. The van der Waals surface area contributed by atoms with E-state index in [1.807, 2.05) is 25.2 Å². The van der Waals surface area contributed by atoms with E-state index in [4.69, 9.17) is 11.6 Å². The molecule has 0 fully saturated rings. The van der Waals surface area contributed by atoms with E-state index in [1.165, 1.54) is 0 Å². The number of rotatable bonds is 3. The average Bonchev–Trinajstić information content (AvgIpc) is 3.08. The van der Waals surface area contributed by atoms with Gasteiger partial charge in [0.1, 0.15) is 6.33 Å². The molecule has 1 aromatic carbocycles. The summed E-state index contributed by atoms with van der Waals surface area (Å²) >= 11 is 6.69. The van der Waals surface area contributed by atoms with E-state index < -0.39 is 0 Å². The maximum absolute atomic E-state index is 12.0. The first-order valence-electron chi connectivity index (χ1n) is 5.88. The molecule has 0 aliphatic carbocycles. The number of hydrogen-bond acceptors (Lipinski definition) is 6. The van der Waals surface area contributed by atoms with Gasteiger partial charge in [-0.05, 0) is 23.7 Å². The standard InChI is InChI=1S/C12H9ClN6OS/c1-19-6-14-16-9(19)7-3-2-4-8(5-7)15-10(20)11-17-18-12(13)21-11/h2-6H,1H3,(H,15,20). The van der Waals surface area contributed by atoms with Gasteiger partial charge in [-0.1, -0.05) is 23.5 Å². The largest absolute Gasteiger partial charge is 0.320 e. The lowest BCUT2D eigenvalue weighted by atomic mass is 10.2. The molecule has 106 valence electrons. The first-order valence-corrected chi connectivity index (χ1v) is 7.08. The van der Waals surface area contributed by atoms with Crippen molar-refractivity contribution in [2.45, 2.75) is 0 Å². The molecule has 0 aliphatic rings. The Morgan fingerprint density at radius 1 is 1.33 bits per heavy atom. The van der Waals surface area contributed by atoms with Crippen LogP contribution in [-0.2, 0) is 7.05 Å². The van der Waals surface area contributed by atoms with Crippen molar-refractivity contribution in [3.05, 3.63) is 40.1 Å². The summed E-state index contributed by atoms with van der Waals surface area (Å²) in [6, 6.07) is 7.30. The van der Waals surface area contributed by atoms with Crippen LogP contribution in [0.1, 0.15) is 9.80 Å². The summed E-state index contributed by atoms with van der Waals surface area (Å²) in [7, 11) is 1.85. The Kier molecular flexibility index (Phi) is 3.63. The molecular weight excluding hydrogens is 312 g/mol. The lowest BCUT2D eigenvalue weighted by Gasteiger charge is -2.05. The fraction of sp³-hybridized carbons (Fsp3) is 0.0833. The molecule has 0 bridgehead atoms. The quantitative estimate of drug-likeness (QED) is 0.800. The first kappa shape index (κ1) is 13.7. The molecule has 0 spiro atoms. The van der Waals surface area contributed by atoms with Crippen LogP contribution >= 0.6 is 22.9 Å². The zero-order valence-corrected chi connectivity index (χ0v) is 12.4. The second-order valence-electron chi connectivity index (χ2n) is 4.16. The molecule has 0 atom stereocenters. The third-order valence-corrected chi connectivity index (χ3v) is 3.70. The molecule has 2 aromatic heterocycles. The van der Waals surface area contributed by atoms with Gasteiger partial charge in [0.05, 0.1) is 0 Å². The number of aryl methyl sites for hydroxylation is 1. The first-order chi connectivity index (χ1) is 10.1. The van der Waals surface area contributed by atoms with Gasteiger partial charge in [0, 0.05) is 18.3 Å². The van der Waals surface area contributed by atoms with E-state index in [-0.39, 0.29) is 15.4 Å². The number of anilines is 1. The van der Waals surface area contributed by atoms with Crippen molar-refractivity contribution < 1.29 is 4.79 Å². The smallest absolute Gasteiger partial charge is 0.286 e. The number of carbonyl (C=O) groups is 1. The molecule has 3 aromatic rings. The Hall–Kier alpha value is -2.32. The molecule has 7 nitrogen and oxygen atoms in total. The predicted octanol–water partition coefficient (Wildman–Crippen LogP) is 2.24. The highest BCUT2D eigenvalue weighted by Gasteiger charge is 2.13. The van der Waals surface area contributed by atoms with Gasteiger partial charge in [-0.3, -0.25) is 4.79 Å². The molecular formula is C12H9ClN6OS. The van der Waals surface area contributed by atoms with Crippen molar-refractivity contribution >= 4 is 34.5 Å². The fourth-order valence-electron chi connectivity index (χ4n) is 1.76. The molecule has 9 heteroatoms. The van der Waals surface area contributed by atoms with E-state index >= 15 is 0 Å². The van der Waals surface area contributed by atoms with Gasteiger partial charge in [-0.15, -0.1) is 20.4 Å². The van der Waals surface area contributed by atoms with Gasteiger partial charge in [0.15, 0.2) is 5.82 Å². The van der Waals surface area contributed by atoms with Crippen LogP contribution < -0.4 is 5.32 Å². The average molecular weight is 321 g/mol. The number of halogens is 1. The number of benzene rings is 1. The van der Waals surface area contributed by atoms with E-state index in [9.17, 15) is 4.79 Å². The Labute approximate surface area is 128 Å². The maximum atomic E-state index is 12.0. The molecule has 0 saturated heterocycles. The van der Waals surface area contributed by atoms with E-state index in [2.05, 4.69) is 25.7 Å². The topological polar surface area (TPSA) is 85.6 Å². The minimum atomic E-state index is -0.352. The van der Waals surface area contributed by atoms with Gasteiger partial charge >= 0.3 is 0 Å². The minimum Gasteiger partial charge on any atom is -0.320 e. The number of hydrogen-bond donors (Lipinski definition) is 1. The fourth-order valence-corrected chi connectivity index (χ4v) is 2.49. The van der Waals surface area contributed by atoms with Crippen LogP contribution in [0.25, 0.3) is 11.4 Å². The summed E-state index contributed by atoms with van der Waals surface area (Å²) < 4.78 is 2.03. The van der Waals surface area contributed by atoms with Crippen LogP contribution in [0.15, 0.2) is 30.6 Å². The molecule has 1 amide bonds. The highest BCUT2D eigenvalue weighted by atomic mass is 35.5. The van der Waals surface area contributed by atoms with Crippen molar-refractivity contribution in [3.8, 4) is 11.4 Å². The van der Waals surface area contributed by atoms with E-state index in [0.717, 1.165) is 16.9 Å². The highest BCUT2D eigenvalue weighted by molar-refractivity contribution is 7.17. The minimum absolute atomic E-state index is 0.212. The van der Waals surface area contributed by atoms with Gasteiger partial charge < -0.3 is 9.88 Å². The SMILES string of the molecule is Cn1cnnc1-c1cccc(NC(=O)c2nnc(Cl)s2)c1. The van der Waals surface area contributed by atoms with Crippen LogP contribution in [0.3, 0.4) is 0 Å². The third kappa shape index (κ3) is 2.91. The van der Waals surface area contributed by atoms with Crippen LogP contribution in [0, 0.1) is 0 Å². The van der Waals surface area contributed by atoms with E-state index in [0.29, 0.717) is 11.5 Å². The molecule has 2 heterocycles. The van der Waals surface area contributed by atoms with Crippen molar-refractivity contribution in [1.82, 2.24) is 25.0 Å². The normalized spacial score (nSPS) is 10.6.